The predicted molar refractivity (Wildman–Crippen MR) is 76.7 cm³/mol. The molecule has 1 N–H and O–H groups in total. The standard InChI is InChI=1S/C16H20F3NO2/c1-11(21)15(10-20-14-6-8-22-9-7-14)12-2-4-13(5-3-12)16(17,18)19/h2-5,14-15,20H,6-10H2,1H3. The van der Waals surface area contributed by atoms with Crippen molar-refractivity contribution in [2.24, 2.45) is 0 Å². The van der Waals surface area contributed by atoms with Crippen LogP contribution in [-0.4, -0.2) is 31.6 Å². The summed E-state index contributed by atoms with van der Waals surface area (Å²) in [5.74, 6) is -0.482. The van der Waals surface area contributed by atoms with Gasteiger partial charge in [0, 0.05) is 25.8 Å². The van der Waals surface area contributed by atoms with Gasteiger partial charge in [-0.2, -0.15) is 13.2 Å². The quantitative estimate of drug-likeness (QED) is 0.907. The number of halogens is 3. The van der Waals surface area contributed by atoms with E-state index < -0.39 is 17.7 Å². The van der Waals surface area contributed by atoms with Crippen LogP contribution in [0.4, 0.5) is 13.2 Å². The van der Waals surface area contributed by atoms with Crippen molar-refractivity contribution in [2.75, 3.05) is 19.8 Å². The van der Waals surface area contributed by atoms with Crippen LogP contribution in [0.5, 0.6) is 0 Å². The first kappa shape index (κ1) is 17.0. The normalized spacial score (nSPS) is 18.2. The SMILES string of the molecule is CC(=O)C(CNC1CCOCC1)c1ccc(C(F)(F)F)cc1. The van der Waals surface area contributed by atoms with Crippen LogP contribution in [-0.2, 0) is 15.7 Å². The van der Waals surface area contributed by atoms with Gasteiger partial charge in [0.25, 0.3) is 0 Å². The van der Waals surface area contributed by atoms with Crippen molar-refractivity contribution in [1.82, 2.24) is 5.32 Å². The predicted octanol–water partition coefficient (Wildman–Crippen LogP) is 3.15. The summed E-state index contributed by atoms with van der Waals surface area (Å²) in [7, 11) is 0. The van der Waals surface area contributed by atoms with Gasteiger partial charge in [0.15, 0.2) is 0 Å². The second-order valence-electron chi connectivity index (χ2n) is 5.58. The number of ether oxygens (including phenoxy) is 1. The van der Waals surface area contributed by atoms with Crippen LogP contribution in [0.3, 0.4) is 0 Å². The first-order valence-corrected chi connectivity index (χ1v) is 7.36. The van der Waals surface area contributed by atoms with Crippen molar-refractivity contribution < 1.29 is 22.7 Å². The molecule has 6 heteroatoms. The number of rotatable bonds is 5. The van der Waals surface area contributed by atoms with E-state index in [1.807, 2.05) is 0 Å². The van der Waals surface area contributed by atoms with Crippen LogP contribution in [0.1, 0.15) is 36.8 Å². The highest BCUT2D eigenvalue weighted by Crippen LogP contribution is 2.30. The van der Waals surface area contributed by atoms with Gasteiger partial charge in [-0.3, -0.25) is 4.79 Å². The Balaban J connectivity index is 2.02. The highest BCUT2D eigenvalue weighted by molar-refractivity contribution is 5.83. The number of carbonyl (C=O) groups is 1. The van der Waals surface area contributed by atoms with Gasteiger partial charge in [0.1, 0.15) is 5.78 Å². The lowest BCUT2D eigenvalue weighted by Gasteiger charge is -2.25. The van der Waals surface area contributed by atoms with E-state index in [-0.39, 0.29) is 5.78 Å². The summed E-state index contributed by atoms with van der Waals surface area (Å²) < 4.78 is 43.0. The highest BCUT2D eigenvalue weighted by Gasteiger charge is 2.30. The number of hydrogen-bond acceptors (Lipinski definition) is 3. The number of carbonyl (C=O) groups excluding carboxylic acids is 1. The van der Waals surface area contributed by atoms with Gasteiger partial charge in [-0.15, -0.1) is 0 Å². The van der Waals surface area contributed by atoms with Crippen LogP contribution in [0.25, 0.3) is 0 Å². The summed E-state index contributed by atoms with van der Waals surface area (Å²) in [6, 6.07) is 5.13. The molecule has 0 saturated carbocycles. The molecule has 1 aliphatic rings. The third-order valence-electron chi connectivity index (χ3n) is 3.96. The molecule has 0 bridgehead atoms. The Bertz CT molecular complexity index is 493. The monoisotopic (exact) mass is 315 g/mol. The van der Waals surface area contributed by atoms with Gasteiger partial charge in [0.05, 0.1) is 11.5 Å². The molecule has 0 amide bonds. The summed E-state index contributed by atoms with van der Waals surface area (Å²) in [5.41, 5.74) is -0.0870. The smallest absolute Gasteiger partial charge is 0.381 e. The van der Waals surface area contributed by atoms with E-state index in [1.165, 1.54) is 19.1 Å². The first-order chi connectivity index (χ1) is 10.4. The molecule has 2 rings (SSSR count). The van der Waals surface area contributed by atoms with E-state index in [1.54, 1.807) is 0 Å². The van der Waals surface area contributed by atoms with E-state index in [2.05, 4.69) is 5.32 Å². The second-order valence-corrected chi connectivity index (χ2v) is 5.58. The van der Waals surface area contributed by atoms with Crippen LogP contribution in [0, 0.1) is 0 Å². The van der Waals surface area contributed by atoms with Crippen molar-refractivity contribution in [1.29, 1.82) is 0 Å². The second kappa shape index (κ2) is 7.24. The Morgan fingerprint density at radius 2 is 1.86 bits per heavy atom. The van der Waals surface area contributed by atoms with E-state index in [0.29, 0.717) is 31.4 Å². The Hall–Kier alpha value is -1.40. The molecular formula is C16H20F3NO2. The lowest BCUT2D eigenvalue weighted by atomic mass is 9.93. The van der Waals surface area contributed by atoms with Gasteiger partial charge in [-0.05, 0) is 37.5 Å². The minimum Gasteiger partial charge on any atom is -0.381 e. The van der Waals surface area contributed by atoms with E-state index in [0.717, 1.165) is 25.0 Å². The zero-order valence-corrected chi connectivity index (χ0v) is 12.5. The van der Waals surface area contributed by atoms with Gasteiger partial charge < -0.3 is 10.1 Å². The van der Waals surface area contributed by atoms with Gasteiger partial charge in [-0.1, -0.05) is 12.1 Å². The summed E-state index contributed by atoms with van der Waals surface area (Å²) in [6.07, 6.45) is -2.58. The maximum absolute atomic E-state index is 12.6. The molecule has 1 fully saturated rings. The van der Waals surface area contributed by atoms with Crippen LogP contribution < -0.4 is 5.32 Å². The molecule has 1 aromatic rings. The molecule has 1 aromatic carbocycles. The Morgan fingerprint density at radius 1 is 1.27 bits per heavy atom. The summed E-state index contributed by atoms with van der Waals surface area (Å²) >= 11 is 0. The van der Waals surface area contributed by atoms with E-state index >= 15 is 0 Å². The lowest BCUT2D eigenvalue weighted by Crippen LogP contribution is -2.38. The zero-order chi connectivity index (χ0) is 16.2. The van der Waals surface area contributed by atoms with Crippen LogP contribution in [0.2, 0.25) is 0 Å². The van der Waals surface area contributed by atoms with Crippen molar-refractivity contribution in [3.63, 3.8) is 0 Å². The molecule has 122 valence electrons. The molecule has 0 aliphatic carbocycles. The third kappa shape index (κ3) is 4.55. The fourth-order valence-corrected chi connectivity index (χ4v) is 2.59. The molecule has 1 saturated heterocycles. The molecule has 0 radical (unpaired) electrons. The molecule has 0 spiro atoms. The lowest BCUT2D eigenvalue weighted by molar-refractivity contribution is -0.137. The van der Waals surface area contributed by atoms with Crippen molar-refractivity contribution in [3.8, 4) is 0 Å². The maximum atomic E-state index is 12.6. The van der Waals surface area contributed by atoms with Crippen molar-refractivity contribution >= 4 is 5.78 Å². The minimum atomic E-state index is -4.36. The van der Waals surface area contributed by atoms with E-state index in [4.69, 9.17) is 4.74 Å². The highest BCUT2D eigenvalue weighted by atomic mass is 19.4. The minimum absolute atomic E-state index is 0.0562. The van der Waals surface area contributed by atoms with Gasteiger partial charge in [-0.25, -0.2) is 0 Å². The number of alkyl halides is 3. The molecule has 1 unspecified atom stereocenters. The average molecular weight is 315 g/mol. The van der Waals surface area contributed by atoms with Crippen molar-refractivity contribution in [3.05, 3.63) is 35.4 Å². The number of Topliss-reactive ketones (excluding diaryl/α,β-unsaturated/α-hetero) is 1. The number of ketones is 1. The van der Waals surface area contributed by atoms with E-state index in [9.17, 15) is 18.0 Å². The molecule has 0 aromatic heterocycles. The molecule has 22 heavy (non-hydrogen) atoms. The average Bonchev–Trinajstić information content (AvgIpc) is 2.48. The number of nitrogens with one attached hydrogen (secondary N) is 1. The molecular weight excluding hydrogens is 295 g/mol. The fourth-order valence-electron chi connectivity index (χ4n) is 2.59. The molecule has 1 atom stereocenters. The topological polar surface area (TPSA) is 38.3 Å². The Morgan fingerprint density at radius 3 is 2.36 bits per heavy atom. The molecule has 1 aliphatic heterocycles. The summed E-state index contributed by atoms with van der Waals surface area (Å²) in [6.45, 7) is 3.30. The third-order valence-corrected chi connectivity index (χ3v) is 3.96. The Kier molecular flexibility index (Phi) is 5.58. The summed E-state index contributed by atoms with van der Waals surface area (Å²) in [4.78, 5) is 11.8. The summed E-state index contributed by atoms with van der Waals surface area (Å²) in [5, 5.41) is 3.32. The largest absolute Gasteiger partial charge is 0.416 e. The Labute approximate surface area is 127 Å². The fraction of sp³-hybridized carbons (Fsp3) is 0.562. The number of benzene rings is 1. The molecule has 3 nitrogen and oxygen atoms in total. The van der Waals surface area contributed by atoms with Crippen LogP contribution >= 0.6 is 0 Å². The molecule has 1 heterocycles. The van der Waals surface area contributed by atoms with Crippen molar-refractivity contribution in [2.45, 2.75) is 37.9 Å². The van der Waals surface area contributed by atoms with Gasteiger partial charge in [0.2, 0.25) is 0 Å². The first-order valence-electron chi connectivity index (χ1n) is 7.36. The maximum Gasteiger partial charge on any atom is 0.416 e. The zero-order valence-electron chi connectivity index (χ0n) is 12.5. The van der Waals surface area contributed by atoms with Gasteiger partial charge >= 0.3 is 6.18 Å². The number of hydrogen-bond donors (Lipinski definition) is 1. The van der Waals surface area contributed by atoms with Crippen LogP contribution in [0.15, 0.2) is 24.3 Å².